The van der Waals surface area contributed by atoms with E-state index in [1.807, 2.05) is 0 Å². The molecule has 2 N–H and O–H groups in total. The number of nitrogens with zero attached hydrogens (tertiary/aromatic N) is 4. The van der Waals surface area contributed by atoms with Crippen LogP contribution in [0.2, 0.25) is 0 Å². The standard InChI is InChI=1S/C6H14N6O2/c1-7-5(13)11(3)9-10-12(4)6(14)8-2/h1-4H3,(H,7,13)(H,8,14). The van der Waals surface area contributed by atoms with Gasteiger partial charge in [0.2, 0.25) is 0 Å². The summed E-state index contributed by atoms with van der Waals surface area (Å²) in [6.45, 7) is 0. The summed E-state index contributed by atoms with van der Waals surface area (Å²) in [5.41, 5.74) is 0. The normalized spacial score (nSPS) is 9.71. The zero-order valence-electron chi connectivity index (χ0n) is 8.61. The Balaban J connectivity index is 4.16. The molecule has 0 aliphatic rings. The van der Waals surface area contributed by atoms with E-state index >= 15 is 0 Å². The smallest absolute Gasteiger partial charge is 0.338 e. The molecule has 0 saturated heterocycles. The van der Waals surface area contributed by atoms with Crippen LogP contribution in [0.1, 0.15) is 0 Å². The van der Waals surface area contributed by atoms with Gasteiger partial charge in [-0.2, -0.15) is 10.0 Å². The number of hydrogen-bond donors (Lipinski definition) is 2. The van der Waals surface area contributed by atoms with Gasteiger partial charge in [-0.3, -0.25) is 0 Å². The Labute approximate surface area is 81.9 Å². The van der Waals surface area contributed by atoms with Crippen LogP contribution in [0, 0.1) is 0 Å². The van der Waals surface area contributed by atoms with E-state index < -0.39 is 12.1 Å². The highest BCUT2D eigenvalue weighted by Crippen LogP contribution is 1.90. The number of nitrogens with one attached hydrogen (secondary N) is 2. The van der Waals surface area contributed by atoms with E-state index in [0.29, 0.717) is 0 Å². The third kappa shape index (κ3) is 3.70. The molecule has 4 amide bonds. The molecule has 8 heteroatoms. The summed E-state index contributed by atoms with van der Waals surface area (Å²) in [6, 6.07) is -0.835. The molecule has 0 aliphatic carbocycles. The summed E-state index contributed by atoms with van der Waals surface area (Å²) in [6.07, 6.45) is 0. The Morgan fingerprint density at radius 1 is 0.929 bits per heavy atom. The van der Waals surface area contributed by atoms with E-state index in [4.69, 9.17) is 0 Å². The van der Waals surface area contributed by atoms with Gasteiger partial charge in [-0.05, 0) is 10.4 Å². The molecule has 0 saturated carbocycles. The fourth-order valence-electron chi connectivity index (χ4n) is 0.525. The highest BCUT2D eigenvalue weighted by Gasteiger charge is 2.06. The van der Waals surface area contributed by atoms with Crippen molar-refractivity contribution in [3.63, 3.8) is 0 Å². The maximum absolute atomic E-state index is 10.9. The van der Waals surface area contributed by atoms with Crippen molar-refractivity contribution in [2.75, 3.05) is 28.2 Å². The molecule has 0 bridgehead atoms. The van der Waals surface area contributed by atoms with Gasteiger partial charge in [0.25, 0.3) is 0 Å². The quantitative estimate of drug-likeness (QED) is 0.480. The number of carbonyl (C=O) groups excluding carboxylic acids is 2. The van der Waals surface area contributed by atoms with Crippen molar-refractivity contribution in [1.29, 1.82) is 0 Å². The van der Waals surface area contributed by atoms with Crippen molar-refractivity contribution in [1.82, 2.24) is 20.7 Å². The monoisotopic (exact) mass is 202 g/mol. The van der Waals surface area contributed by atoms with E-state index in [1.165, 1.54) is 28.2 Å². The first-order valence-electron chi connectivity index (χ1n) is 3.85. The molecule has 14 heavy (non-hydrogen) atoms. The summed E-state index contributed by atoms with van der Waals surface area (Å²) < 4.78 is 0. The van der Waals surface area contributed by atoms with Gasteiger partial charge in [0.1, 0.15) is 0 Å². The molecule has 0 aromatic heterocycles. The van der Waals surface area contributed by atoms with Gasteiger partial charge in [0.05, 0.1) is 0 Å². The summed E-state index contributed by atoms with van der Waals surface area (Å²) >= 11 is 0. The van der Waals surface area contributed by atoms with Crippen LogP contribution in [0.4, 0.5) is 9.59 Å². The number of urea groups is 2. The van der Waals surface area contributed by atoms with E-state index in [2.05, 4.69) is 21.1 Å². The zero-order valence-corrected chi connectivity index (χ0v) is 8.61. The average molecular weight is 202 g/mol. The summed E-state index contributed by atoms with van der Waals surface area (Å²) in [7, 11) is 5.77. The minimum Gasteiger partial charge on any atom is -0.340 e. The second kappa shape index (κ2) is 5.73. The van der Waals surface area contributed by atoms with E-state index in [9.17, 15) is 9.59 Å². The largest absolute Gasteiger partial charge is 0.340 e. The Bertz CT molecular complexity index is 216. The maximum Gasteiger partial charge on any atom is 0.338 e. The molecule has 8 nitrogen and oxygen atoms in total. The molecular formula is C6H14N6O2. The number of carbonyl (C=O) groups is 2. The molecule has 0 unspecified atom stereocenters. The lowest BCUT2D eigenvalue weighted by atomic mass is 10.9. The molecular weight excluding hydrogens is 188 g/mol. The topological polar surface area (TPSA) is 89.4 Å². The summed E-state index contributed by atoms with van der Waals surface area (Å²) in [4.78, 5) is 21.8. The van der Waals surface area contributed by atoms with Crippen LogP contribution in [-0.2, 0) is 0 Å². The molecule has 0 heterocycles. The van der Waals surface area contributed by atoms with Crippen LogP contribution in [0.15, 0.2) is 10.4 Å². The average Bonchev–Trinajstić information content (AvgIpc) is 2.22. The molecule has 0 aromatic carbocycles. The number of rotatable bonds is 2. The lowest BCUT2D eigenvalue weighted by molar-refractivity contribution is 0.191. The van der Waals surface area contributed by atoms with Gasteiger partial charge in [0, 0.05) is 28.2 Å². The van der Waals surface area contributed by atoms with Crippen LogP contribution in [0.5, 0.6) is 0 Å². The van der Waals surface area contributed by atoms with E-state index in [0.717, 1.165) is 10.0 Å². The lowest BCUT2D eigenvalue weighted by Gasteiger charge is -2.11. The van der Waals surface area contributed by atoms with Crippen molar-refractivity contribution in [2.45, 2.75) is 0 Å². The van der Waals surface area contributed by atoms with E-state index in [1.54, 1.807) is 0 Å². The molecule has 0 rings (SSSR count). The predicted molar refractivity (Wildman–Crippen MR) is 49.3 cm³/mol. The van der Waals surface area contributed by atoms with Crippen molar-refractivity contribution < 1.29 is 9.59 Å². The van der Waals surface area contributed by atoms with Crippen LogP contribution in [-0.4, -0.2) is 50.3 Å². The van der Waals surface area contributed by atoms with Crippen LogP contribution < -0.4 is 10.6 Å². The maximum atomic E-state index is 10.9. The fourth-order valence-corrected chi connectivity index (χ4v) is 0.525. The summed E-state index contributed by atoms with van der Waals surface area (Å²) in [5.74, 6) is 0. The van der Waals surface area contributed by atoms with Gasteiger partial charge < -0.3 is 10.6 Å². The van der Waals surface area contributed by atoms with Crippen molar-refractivity contribution in [2.24, 2.45) is 10.4 Å². The minimum absolute atomic E-state index is 0.418. The van der Waals surface area contributed by atoms with Gasteiger partial charge in [-0.25, -0.2) is 9.59 Å². The molecule has 0 radical (unpaired) electrons. The zero-order chi connectivity index (χ0) is 11.1. The Hall–Kier alpha value is -1.86. The molecule has 80 valence electrons. The molecule has 0 aliphatic heterocycles. The first kappa shape index (κ1) is 12.1. The number of amides is 4. The van der Waals surface area contributed by atoms with Crippen molar-refractivity contribution in [3.8, 4) is 0 Å². The van der Waals surface area contributed by atoms with Gasteiger partial charge in [-0.15, -0.1) is 0 Å². The SMILES string of the molecule is CNC(=O)N(C)N=NN(C)C(=O)NC. The van der Waals surface area contributed by atoms with E-state index in [-0.39, 0.29) is 0 Å². The molecule has 0 spiro atoms. The van der Waals surface area contributed by atoms with Crippen molar-refractivity contribution >= 4 is 12.1 Å². The molecule has 0 fully saturated rings. The third-order valence-corrected chi connectivity index (χ3v) is 1.32. The highest BCUT2D eigenvalue weighted by molar-refractivity contribution is 5.73. The predicted octanol–water partition coefficient (Wildman–Crippen LogP) is -0.189. The Morgan fingerprint density at radius 2 is 1.21 bits per heavy atom. The second-order valence-corrected chi connectivity index (χ2v) is 2.34. The van der Waals surface area contributed by atoms with Crippen LogP contribution >= 0.6 is 0 Å². The first-order chi connectivity index (χ1) is 6.52. The van der Waals surface area contributed by atoms with Gasteiger partial charge in [-0.1, -0.05) is 0 Å². The summed E-state index contributed by atoms with van der Waals surface area (Å²) in [5, 5.41) is 13.6. The van der Waals surface area contributed by atoms with Crippen LogP contribution in [0.3, 0.4) is 0 Å². The van der Waals surface area contributed by atoms with Crippen molar-refractivity contribution in [3.05, 3.63) is 0 Å². The Morgan fingerprint density at radius 3 is 1.43 bits per heavy atom. The third-order valence-electron chi connectivity index (χ3n) is 1.32. The second-order valence-electron chi connectivity index (χ2n) is 2.34. The van der Waals surface area contributed by atoms with Crippen LogP contribution in [0.25, 0.3) is 0 Å². The Kier molecular flexibility index (Phi) is 4.97. The molecule has 0 aromatic rings. The minimum atomic E-state index is -0.418. The van der Waals surface area contributed by atoms with Gasteiger partial charge >= 0.3 is 12.1 Å². The van der Waals surface area contributed by atoms with Gasteiger partial charge in [0.15, 0.2) is 0 Å². The highest BCUT2D eigenvalue weighted by atomic mass is 16.2. The fraction of sp³-hybridized carbons (Fsp3) is 0.667. The molecule has 0 atom stereocenters. The number of hydrogen-bond acceptors (Lipinski definition) is 4. The lowest BCUT2D eigenvalue weighted by Crippen LogP contribution is -2.33. The first-order valence-corrected chi connectivity index (χ1v) is 3.85.